The predicted molar refractivity (Wildman–Crippen MR) is 158 cm³/mol. The summed E-state index contributed by atoms with van der Waals surface area (Å²) >= 11 is 1.58. The Labute approximate surface area is 241 Å². The van der Waals surface area contributed by atoms with Crippen LogP contribution in [0.3, 0.4) is 0 Å². The van der Waals surface area contributed by atoms with Crippen molar-refractivity contribution in [2.75, 3.05) is 6.61 Å². The van der Waals surface area contributed by atoms with Crippen molar-refractivity contribution in [1.29, 1.82) is 0 Å². The molecule has 0 unspecified atom stereocenters. The molecule has 4 aromatic rings. The molecule has 1 aliphatic rings. The molecule has 0 saturated carbocycles. The van der Waals surface area contributed by atoms with Crippen molar-refractivity contribution in [3.63, 3.8) is 0 Å². The molecule has 5 nitrogen and oxygen atoms in total. The predicted octanol–water partition coefficient (Wildman–Crippen LogP) is 6.56. The van der Waals surface area contributed by atoms with Gasteiger partial charge in [-0.05, 0) is 35.7 Å². The van der Waals surface area contributed by atoms with Gasteiger partial charge in [0, 0.05) is 4.90 Å². The zero-order chi connectivity index (χ0) is 27.6. The second-order valence-electron chi connectivity index (χ2n) is 9.99. The number of aliphatic hydroxyl groups excluding tert-OH is 1. The van der Waals surface area contributed by atoms with Gasteiger partial charge in [0.25, 0.3) is 0 Å². The lowest BCUT2D eigenvalue weighted by Gasteiger charge is -2.44. The van der Waals surface area contributed by atoms with E-state index in [0.717, 1.165) is 21.6 Å². The molecule has 0 spiro atoms. The van der Waals surface area contributed by atoms with Crippen molar-refractivity contribution in [2.24, 2.45) is 0 Å². The van der Waals surface area contributed by atoms with Crippen LogP contribution in [0.4, 0.5) is 0 Å². The molecule has 5 rings (SSSR count). The molecule has 1 aliphatic heterocycles. The number of hydrogen-bond donors (Lipinski definition) is 1. The average molecular weight is 557 g/mol. The largest absolute Gasteiger partial charge is 0.387 e. The summed E-state index contributed by atoms with van der Waals surface area (Å²) in [5.41, 5.74) is 3.92. The third kappa shape index (κ3) is 8.04. The van der Waals surface area contributed by atoms with Crippen molar-refractivity contribution >= 4 is 11.8 Å². The Kier molecular flexibility index (Phi) is 10.4. The van der Waals surface area contributed by atoms with Gasteiger partial charge >= 0.3 is 0 Å². The molecule has 1 N–H and O–H groups in total. The number of ether oxygens (including phenoxy) is 4. The minimum absolute atomic E-state index is 0.234. The van der Waals surface area contributed by atoms with Crippen LogP contribution in [0.5, 0.6) is 0 Å². The quantitative estimate of drug-likeness (QED) is 0.213. The number of benzene rings is 4. The van der Waals surface area contributed by atoms with Crippen LogP contribution < -0.4 is 0 Å². The van der Waals surface area contributed by atoms with Crippen LogP contribution >= 0.6 is 11.8 Å². The summed E-state index contributed by atoms with van der Waals surface area (Å²) in [4.78, 5) is 1.06. The lowest BCUT2D eigenvalue weighted by molar-refractivity contribution is -0.240. The maximum atomic E-state index is 11.6. The van der Waals surface area contributed by atoms with Gasteiger partial charge in [-0.15, -0.1) is 0 Å². The van der Waals surface area contributed by atoms with Gasteiger partial charge in [-0.2, -0.15) is 0 Å². The van der Waals surface area contributed by atoms with Crippen LogP contribution in [0.25, 0.3) is 0 Å². The van der Waals surface area contributed by atoms with Crippen molar-refractivity contribution in [2.45, 2.75) is 61.5 Å². The Bertz CT molecular complexity index is 1270. The first-order valence-corrected chi connectivity index (χ1v) is 14.5. The van der Waals surface area contributed by atoms with E-state index in [-0.39, 0.29) is 6.61 Å². The van der Waals surface area contributed by atoms with Gasteiger partial charge in [-0.1, -0.05) is 120 Å². The van der Waals surface area contributed by atoms with Crippen LogP contribution in [-0.2, 0) is 38.8 Å². The van der Waals surface area contributed by atoms with Gasteiger partial charge in [0.15, 0.2) is 0 Å². The van der Waals surface area contributed by atoms with Gasteiger partial charge in [0.1, 0.15) is 29.9 Å². The summed E-state index contributed by atoms with van der Waals surface area (Å²) in [6.45, 7) is 3.48. The fraction of sp³-hybridized carbons (Fsp3) is 0.294. The first-order valence-electron chi connectivity index (χ1n) is 13.7. The highest BCUT2D eigenvalue weighted by Gasteiger charge is 2.47. The van der Waals surface area contributed by atoms with Crippen LogP contribution in [0, 0.1) is 6.92 Å². The molecule has 0 amide bonds. The second kappa shape index (κ2) is 14.6. The average Bonchev–Trinajstić information content (AvgIpc) is 3.00. The molecule has 208 valence electrons. The summed E-state index contributed by atoms with van der Waals surface area (Å²) in [5, 5.41) is 11.6. The van der Waals surface area contributed by atoms with E-state index in [1.54, 1.807) is 11.8 Å². The molecule has 1 saturated heterocycles. The number of aryl methyl sites for hydroxylation is 1. The highest BCUT2D eigenvalue weighted by Crippen LogP contribution is 2.37. The molecule has 0 radical (unpaired) electrons. The molecule has 0 aromatic heterocycles. The molecular weight excluding hydrogens is 520 g/mol. The number of thioether (sulfide) groups is 1. The summed E-state index contributed by atoms with van der Waals surface area (Å²) in [6.07, 6.45) is -2.65. The monoisotopic (exact) mass is 556 g/mol. The zero-order valence-corrected chi connectivity index (χ0v) is 23.5. The van der Waals surface area contributed by atoms with Crippen molar-refractivity contribution < 1.29 is 24.1 Å². The Morgan fingerprint density at radius 2 is 1.15 bits per heavy atom. The zero-order valence-electron chi connectivity index (χ0n) is 22.7. The Morgan fingerprint density at radius 1 is 0.650 bits per heavy atom. The van der Waals surface area contributed by atoms with E-state index < -0.39 is 29.9 Å². The van der Waals surface area contributed by atoms with E-state index >= 15 is 0 Å². The molecule has 6 heteroatoms. The maximum Gasteiger partial charge on any atom is 0.137 e. The number of aliphatic hydroxyl groups is 1. The standard InChI is InChI=1S/C34H36O5S/c1-25-17-19-29(20-18-25)40-34-33(38-23-28-15-9-4-10-16-28)32(37-22-27-13-7-3-8-14-27)31(35)30(39-34)24-36-21-26-11-5-2-6-12-26/h2-20,30-35H,21-24H2,1H3/t30-,31+,32+,33-,34-/m1/s1. The molecule has 5 atom stereocenters. The Hall–Kier alpha value is -2.97. The number of hydrogen-bond acceptors (Lipinski definition) is 6. The van der Waals surface area contributed by atoms with Gasteiger partial charge in [-0.25, -0.2) is 0 Å². The molecule has 1 fully saturated rings. The molecule has 0 bridgehead atoms. The lowest BCUT2D eigenvalue weighted by atomic mass is 9.99. The topological polar surface area (TPSA) is 57.2 Å². The maximum absolute atomic E-state index is 11.6. The first-order chi connectivity index (χ1) is 19.7. The van der Waals surface area contributed by atoms with Gasteiger partial charge in [0.05, 0.1) is 26.4 Å². The minimum atomic E-state index is -0.935. The summed E-state index contributed by atoms with van der Waals surface area (Å²) in [7, 11) is 0. The molecule has 1 heterocycles. The molecule has 4 aromatic carbocycles. The summed E-state index contributed by atoms with van der Waals surface area (Å²) in [5.74, 6) is 0. The SMILES string of the molecule is Cc1ccc(S[C@H]2O[C@H](COCc3ccccc3)[C@H](O)[C@H](OCc3ccccc3)[C@H]2OCc2ccccc2)cc1. The van der Waals surface area contributed by atoms with E-state index in [1.807, 2.05) is 91.0 Å². The fourth-order valence-corrected chi connectivity index (χ4v) is 5.77. The van der Waals surface area contributed by atoms with Crippen molar-refractivity contribution in [1.82, 2.24) is 0 Å². The normalized spacial score (nSPS) is 22.7. The van der Waals surface area contributed by atoms with Crippen molar-refractivity contribution in [3.8, 4) is 0 Å². The van der Waals surface area contributed by atoms with Crippen LogP contribution in [-0.4, -0.2) is 41.6 Å². The molecule has 0 aliphatic carbocycles. The molecular formula is C34H36O5S. The smallest absolute Gasteiger partial charge is 0.137 e. The van der Waals surface area contributed by atoms with Gasteiger partial charge < -0.3 is 24.1 Å². The van der Waals surface area contributed by atoms with Gasteiger partial charge in [0.2, 0.25) is 0 Å². The number of rotatable bonds is 12. The van der Waals surface area contributed by atoms with E-state index in [9.17, 15) is 5.11 Å². The molecule has 40 heavy (non-hydrogen) atoms. The van der Waals surface area contributed by atoms with E-state index in [0.29, 0.717) is 19.8 Å². The van der Waals surface area contributed by atoms with E-state index in [2.05, 4.69) is 31.2 Å². The third-order valence-electron chi connectivity index (χ3n) is 6.86. The van der Waals surface area contributed by atoms with E-state index in [1.165, 1.54) is 5.56 Å². The minimum Gasteiger partial charge on any atom is -0.387 e. The summed E-state index contributed by atoms with van der Waals surface area (Å²) < 4.78 is 25.5. The Balaban J connectivity index is 1.37. The third-order valence-corrected chi connectivity index (χ3v) is 8.01. The highest BCUT2D eigenvalue weighted by molar-refractivity contribution is 7.99. The second-order valence-corrected chi connectivity index (χ2v) is 11.2. The summed E-state index contributed by atoms with van der Waals surface area (Å²) in [6, 6.07) is 38.4. The fourth-order valence-electron chi connectivity index (χ4n) is 4.64. The Morgan fingerprint density at radius 3 is 1.70 bits per heavy atom. The van der Waals surface area contributed by atoms with Crippen LogP contribution in [0.2, 0.25) is 0 Å². The lowest BCUT2D eigenvalue weighted by Crippen LogP contribution is -2.59. The first kappa shape index (κ1) is 28.6. The van der Waals surface area contributed by atoms with E-state index in [4.69, 9.17) is 18.9 Å². The van der Waals surface area contributed by atoms with Gasteiger partial charge in [-0.3, -0.25) is 0 Å². The van der Waals surface area contributed by atoms with Crippen LogP contribution in [0.15, 0.2) is 120 Å². The van der Waals surface area contributed by atoms with Crippen molar-refractivity contribution in [3.05, 3.63) is 138 Å². The van der Waals surface area contributed by atoms with Crippen LogP contribution in [0.1, 0.15) is 22.3 Å². The highest BCUT2D eigenvalue weighted by atomic mass is 32.2.